The van der Waals surface area contributed by atoms with Gasteiger partial charge in [-0.05, 0) is 49.7 Å². The molecule has 3 rings (SSSR count). The number of carbonyl (C=O) groups excluding carboxylic acids is 1. The first-order valence-electron chi connectivity index (χ1n) is 9.29. The first kappa shape index (κ1) is 21.6. The van der Waals surface area contributed by atoms with E-state index in [1.54, 1.807) is 25.1 Å². The van der Waals surface area contributed by atoms with Gasteiger partial charge in [0.1, 0.15) is 6.04 Å². The highest BCUT2D eigenvalue weighted by atomic mass is 35.5. The van der Waals surface area contributed by atoms with Gasteiger partial charge in [-0.3, -0.25) is 4.79 Å². The third kappa shape index (κ3) is 5.08. The van der Waals surface area contributed by atoms with E-state index < -0.39 is 16.1 Å². The molecule has 1 aliphatic heterocycles. The lowest BCUT2D eigenvalue weighted by Gasteiger charge is -2.26. The SMILES string of the molecule is Cc1c(Cl)cccc1NC(C)C(=O)Nc1cccc(S(=O)(=O)N2CCOCC2)c1. The fourth-order valence-corrected chi connectivity index (χ4v) is 4.61. The van der Waals surface area contributed by atoms with Gasteiger partial charge in [-0.1, -0.05) is 23.7 Å². The normalized spacial score (nSPS) is 16.2. The van der Waals surface area contributed by atoms with E-state index in [-0.39, 0.29) is 10.8 Å². The second kappa shape index (κ2) is 9.13. The zero-order valence-corrected chi connectivity index (χ0v) is 17.9. The highest BCUT2D eigenvalue weighted by Gasteiger charge is 2.26. The number of carbonyl (C=O) groups is 1. The average molecular weight is 438 g/mol. The Morgan fingerprint density at radius 1 is 1.17 bits per heavy atom. The molecular formula is C20H24ClN3O4S. The van der Waals surface area contributed by atoms with Gasteiger partial charge < -0.3 is 15.4 Å². The number of hydrogen-bond acceptors (Lipinski definition) is 5. The molecule has 1 atom stereocenters. The van der Waals surface area contributed by atoms with E-state index in [4.69, 9.17) is 16.3 Å². The highest BCUT2D eigenvalue weighted by molar-refractivity contribution is 7.89. The van der Waals surface area contributed by atoms with Crippen molar-refractivity contribution < 1.29 is 17.9 Å². The van der Waals surface area contributed by atoms with E-state index in [9.17, 15) is 13.2 Å². The summed E-state index contributed by atoms with van der Waals surface area (Å²) in [6.45, 7) is 4.99. The van der Waals surface area contributed by atoms with Crippen LogP contribution in [-0.4, -0.2) is 51.0 Å². The Kier molecular flexibility index (Phi) is 6.79. The summed E-state index contributed by atoms with van der Waals surface area (Å²) in [5, 5.41) is 6.51. The maximum Gasteiger partial charge on any atom is 0.246 e. The van der Waals surface area contributed by atoms with Gasteiger partial charge in [-0.2, -0.15) is 4.31 Å². The van der Waals surface area contributed by atoms with Crippen LogP contribution >= 0.6 is 11.6 Å². The number of morpholine rings is 1. The molecule has 1 unspecified atom stereocenters. The van der Waals surface area contributed by atoms with Crippen LogP contribution in [0.4, 0.5) is 11.4 Å². The molecule has 0 saturated carbocycles. The molecule has 156 valence electrons. The third-order valence-corrected chi connectivity index (χ3v) is 7.05. The summed E-state index contributed by atoms with van der Waals surface area (Å²) < 4.78 is 32.2. The number of sulfonamides is 1. The molecule has 0 aliphatic carbocycles. The molecule has 1 aliphatic rings. The zero-order chi connectivity index (χ0) is 21.0. The van der Waals surface area contributed by atoms with Gasteiger partial charge in [0.05, 0.1) is 18.1 Å². The van der Waals surface area contributed by atoms with E-state index in [1.807, 2.05) is 19.1 Å². The predicted octanol–water partition coefficient (Wildman–Crippen LogP) is 3.11. The molecule has 1 amide bonds. The van der Waals surface area contributed by atoms with Crippen molar-refractivity contribution in [2.45, 2.75) is 24.8 Å². The Hall–Kier alpha value is -2.13. The van der Waals surface area contributed by atoms with Crippen molar-refractivity contribution in [2.24, 2.45) is 0 Å². The van der Waals surface area contributed by atoms with Gasteiger partial charge in [-0.15, -0.1) is 0 Å². The number of ether oxygens (including phenoxy) is 1. The molecule has 0 aromatic heterocycles. The number of hydrogen-bond donors (Lipinski definition) is 2. The van der Waals surface area contributed by atoms with E-state index >= 15 is 0 Å². The average Bonchev–Trinajstić information content (AvgIpc) is 2.72. The number of nitrogens with one attached hydrogen (secondary N) is 2. The van der Waals surface area contributed by atoms with E-state index in [2.05, 4.69) is 10.6 Å². The summed E-state index contributed by atoms with van der Waals surface area (Å²) in [6.07, 6.45) is 0. The van der Waals surface area contributed by atoms with Crippen molar-refractivity contribution in [3.63, 3.8) is 0 Å². The van der Waals surface area contributed by atoms with Crippen LogP contribution in [0.1, 0.15) is 12.5 Å². The second-order valence-electron chi connectivity index (χ2n) is 6.81. The van der Waals surface area contributed by atoms with Crippen molar-refractivity contribution >= 4 is 38.9 Å². The van der Waals surface area contributed by atoms with Crippen molar-refractivity contribution in [3.05, 3.63) is 53.1 Å². The maximum absolute atomic E-state index is 12.8. The van der Waals surface area contributed by atoms with Crippen LogP contribution in [0.25, 0.3) is 0 Å². The Labute approximate surface area is 176 Å². The van der Waals surface area contributed by atoms with Crippen LogP contribution < -0.4 is 10.6 Å². The smallest absolute Gasteiger partial charge is 0.246 e. The van der Waals surface area contributed by atoms with Crippen LogP contribution in [-0.2, 0) is 19.6 Å². The summed E-state index contributed by atoms with van der Waals surface area (Å²) in [5.41, 5.74) is 2.04. The molecule has 29 heavy (non-hydrogen) atoms. The molecule has 7 nitrogen and oxygen atoms in total. The fraction of sp³-hybridized carbons (Fsp3) is 0.350. The number of rotatable bonds is 6. The minimum Gasteiger partial charge on any atom is -0.379 e. The molecule has 2 aromatic carbocycles. The van der Waals surface area contributed by atoms with Gasteiger partial charge in [-0.25, -0.2) is 8.42 Å². The molecule has 2 aromatic rings. The lowest BCUT2D eigenvalue weighted by molar-refractivity contribution is -0.116. The molecule has 1 fully saturated rings. The third-order valence-electron chi connectivity index (χ3n) is 4.74. The Morgan fingerprint density at radius 2 is 1.86 bits per heavy atom. The van der Waals surface area contributed by atoms with Gasteiger partial charge in [0, 0.05) is 29.5 Å². The highest BCUT2D eigenvalue weighted by Crippen LogP contribution is 2.24. The molecular weight excluding hydrogens is 414 g/mol. The summed E-state index contributed by atoms with van der Waals surface area (Å²) in [4.78, 5) is 12.7. The van der Waals surface area contributed by atoms with Crippen LogP contribution in [0.15, 0.2) is 47.4 Å². The van der Waals surface area contributed by atoms with Crippen LogP contribution in [0.2, 0.25) is 5.02 Å². The van der Waals surface area contributed by atoms with E-state index in [0.29, 0.717) is 37.0 Å². The van der Waals surface area contributed by atoms with Crippen molar-refractivity contribution in [3.8, 4) is 0 Å². The maximum atomic E-state index is 12.8. The second-order valence-corrected chi connectivity index (χ2v) is 9.16. The van der Waals surface area contributed by atoms with Crippen LogP contribution in [0.3, 0.4) is 0 Å². The Morgan fingerprint density at radius 3 is 2.59 bits per heavy atom. The number of nitrogens with zero attached hydrogens (tertiary/aromatic N) is 1. The number of amides is 1. The largest absolute Gasteiger partial charge is 0.379 e. The van der Waals surface area contributed by atoms with Gasteiger partial charge >= 0.3 is 0 Å². The van der Waals surface area contributed by atoms with Gasteiger partial charge in [0.25, 0.3) is 0 Å². The number of benzene rings is 2. The zero-order valence-electron chi connectivity index (χ0n) is 16.3. The lowest BCUT2D eigenvalue weighted by Crippen LogP contribution is -2.40. The fourth-order valence-electron chi connectivity index (χ4n) is 2.98. The number of halogens is 1. The molecule has 2 N–H and O–H groups in total. The Balaban J connectivity index is 1.70. The van der Waals surface area contributed by atoms with Crippen molar-refractivity contribution in [2.75, 3.05) is 36.9 Å². The molecule has 0 spiro atoms. The topological polar surface area (TPSA) is 87.7 Å². The van der Waals surface area contributed by atoms with Crippen molar-refractivity contribution in [1.82, 2.24) is 4.31 Å². The standard InChI is InChI=1S/C20H24ClN3O4S/c1-14-18(21)7-4-8-19(14)22-15(2)20(25)23-16-5-3-6-17(13-16)29(26,27)24-9-11-28-12-10-24/h3-8,13,15,22H,9-12H2,1-2H3,(H,23,25). The molecule has 1 heterocycles. The number of anilines is 2. The quantitative estimate of drug-likeness (QED) is 0.725. The monoisotopic (exact) mass is 437 g/mol. The van der Waals surface area contributed by atoms with Gasteiger partial charge in [0.2, 0.25) is 15.9 Å². The first-order valence-corrected chi connectivity index (χ1v) is 11.1. The molecule has 9 heteroatoms. The van der Waals surface area contributed by atoms with Crippen molar-refractivity contribution in [1.29, 1.82) is 0 Å². The Bertz CT molecular complexity index is 991. The summed E-state index contributed by atoms with van der Waals surface area (Å²) in [7, 11) is -3.63. The molecule has 0 radical (unpaired) electrons. The molecule has 0 bridgehead atoms. The minimum atomic E-state index is -3.63. The van der Waals surface area contributed by atoms with E-state index in [1.165, 1.54) is 16.4 Å². The predicted molar refractivity (Wildman–Crippen MR) is 114 cm³/mol. The van der Waals surface area contributed by atoms with Crippen LogP contribution in [0.5, 0.6) is 0 Å². The summed E-state index contributed by atoms with van der Waals surface area (Å²) in [6, 6.07) is 11.2. The van der Waals surface area contributed by atoms with Gasteiger partial charge in [0.15, 0.2) is 0 Å². The van der Waals surface area contributed by atoms with Crippen LogP contribution in [0, 0.1) is 6.92 Å². The minimum absolute atomic E-state index is 0.142. The summed E-state index contributed by atoms with van der Waals surface area (Å²) in [5.74, 6) is -0.287. The lowest BCUT2D eigenvalue weighted by atomic mass is 10.1. The molecule has 1 saturated heterocycles. The van der Waals surface area contributed by atoms with E-state index in [0.717, 1.165) is 11.3 Å². The first-order chi connectivity index (χ1) is 13.8. The summed E-state index contributed by atoms with van der Waals surface area (Å²) >= 11 is 6.12.